The highest BCUT2D eigenvalue weighted by atomic mass is 16.5. The maximum atomic E-state index is 12.0. The Morgan fingerprint density at radius 3 is 2.96 bits per heavy atom. The highest BCUT2D eigenvalue weighted by Gasteiger charge is 2.08. The van der Waals surface area contributed by atoms with Gasteiger partial charge in [-0.05, 0) is 26.0 Å². The molecule has 120 valence electrons. The van der Waals surface area contributed by atoms with E-state index in [1.54, 1.807) is 28.9 Å². The van der Waals surface area contributed by atoms with Crippen LogP contribution in [0.4, 0.5) is 16.3 Å². The molecule has 0 atom stereocenters. The Morgan fingerprint density at radius 2 is 2.22 bits per heavy atom. The Balaban J connectivity index is 1.97. The van der Waals surface area contributed by atoms with Crippen LogP contribution < -0.4 is 15.4 Å². The number of urea groups is 1. The second kappa shape index (κ2) is 7.84. The number of nitriles is 1. The van der Waals surface area contributed by atoms with Crippen molar-refractivity contribution in [2.75, 3.05) is 17.2 Å². The van der Waals surface area contributed by atoms with Gasteiger partial charge in [0.15, 0.2) is 5.82 Å². The normalized spacial score (nSPS) is 9.96. The molecule has 0 saturated heterocycles. The van der Waals surface area contributed by atoms with Crippen LogP contribution in [0.5, 0.6) is 5.75 Å². The van der Waals surface area contributed by atoms with Crippen LogP contribution in [0.3, 0.4) is 0 Å². The molecular weight excluding hydrogens is 294 g/mol. The average molecular weight is 313 g/mol. The van der Waals surface area contributed by atoms with E-state index in [2.05, 4.69) is 21.8 Å². The number of carbonyl (C=O) groups excluding carboxylic acids is 1. The lowest BCUT2D eigenvalue weighted by Crippen LogP contribution is -2.19. The van der Waals surface area contributed by atoms with Crippen LogP contribution in [0.2, 0.25) is 0 Å². The molecule has 0 aliphatic carbocycles. The van der Waals surface area contributed by atoms with Gasteiger partial charge in [0.1, 0.15) is 5.75 Å². The van der Waals surface area contributed by atoms with Crippen LogP contribution in [0, 0.1) is 18.3 Å². The SMILES string of the molecule is CCOc1cccc(NC(=O)Nc2cc(C)n(CCC#N)n2)c1. The van der Waals surface area contributed by atoms with Crippen LogP contribution in [0.25, 0.3) is 0 Å². The number of hydrogen-bond acceptors (Lipinski definition) is 4. The minimum absolute atomic E-state index is 0.373. The Kier molecular flexibility index (Phi) is 5.58. The van der Waals surface area contributed by atoms with E-state index in [1.807, 2.05) is 19.9 Å². The Hall–Kier alpha value is -3.01. The molecule has 0 radical (unpaired) electrons. The molecule has 0 saturated carbocycles. The summed E-state index contributed by atoms with van der Waals surface area (Å²) in [5, 5.41) is 18.3. The molecule has 0 aliphatic heterocycles. The van der Waals surface area contributed by atoms with E-state index < -0.39 is 0 Å². The highest BCUT2D eigenvalue weighted by Crippen LogP contribution is 2.17. The second-order valence-corrected chi connectivity index (χ2v) is 4.84. The van der Waals surface area contributed by atoms with Gasteiger partial charge >= 0.3 is 6.03 Å². The third kappa shape index (κ3) is 4.74. The van der Waals surface area contributed by atoms with Crippen molar-refractivity contribution in [2.45, 2.75) is 26.8 Å². The number of nitrogens with zero attached hydrogens (tertiary/aromatic N) is 3. The monoisotopic (exact) mass is 313 g/mol. The first-order chi connectivity index (χ1) is 11.1. The fourth-order valence-corrected chi connectivity index (χ4v) is 2.06. The van der Waals surface area contributed by atoms with Gasteiger partial charge in [-0.3, -0.25) is 10.00 Å². The quantitative estimate of drug-likeness (QED) is 0.857. The molecule has 2 rings (SSSR count). The van der Waals surface area contributed by atoms with Gasteiger partial charge in [-0.2, -0.15) is 10.4 Å². The molecule has 0 unspecified atom stereocenters. The van der Waals surface area contributed by atoms with Gasteiger partial charge in [0.25, 0.3) is 0 Å². The van der Waals surface area contributed by atoms with Gasteiger partial charge in [-0.15, -0.1) is 0 Å². The highest BCUT2D eigenvalue weighted by molar-refractivity contribution is 5.99. The van der Waals surface area contributed by atoms with Crippen molar-refractivity contribution in [1.82, 2.24) is 9.78 Å². The lowest BCUT2D eigenvalue weighted by molar-refractivity contribution is 0.262. The third-order valence-corrected chi connectivity index (χ3v) is 3.06. The molecule has 2 N–H and O–H groups in total. The first-order valence-electron chi connectivity index (χ1n) is 7.34. The van der Waals surface area contributed by atoms with Gasteiger partial charge in [0.05, 0.1) is 25.6 Å². The fraction of sp³-hybridized carbons (Fsp3) is 0.312. The van der Waals surface area contributed by atoms with E-state index in [0.717, 1.165) is 5.69 Å². The standard InChI is InChI=1S/C16H19N5O2/c1-3-23-14-7-4-6-13(11-14)18-16(22)19-15-10-12(2)21(20-15)9-5-8-17/h4,6-7,10-11H,3,5,9H2,1-2H3,(H2,18,19,20,22). The molecule has 7 nitrogen and oxygen atoms in total. The van der Waals surface area contributed by atoms with E-state index in [9.17, 15) is 4.79 Å². The number of amides is 2. The summed E-state index contributed by atoms with van der Waals surface area (Å²) < 4.78 is 7.08. The Morgan fingerprint density at radius 1 is 1.39 bits per heavy atom. The topological polar surface area (TPSA) is 92.0 Å². The van der Waals surface area contributed by atoms with Crippen molar-refractivity contribution < 1.29 is 9.53 Å². The van der Waals surface area contributed by atoms with Crippen molar-refractivity contribution in [3.63, 3.8) is 0 Å². The van der Waals surface area contributed by atoms with E-state index in [4.69, 9.17) is 10.00 Å². The predicted molar refractivity (Wildman–Crippen MR) is 87.4 cm³/mol. The summed E-state index contributed by atoms with van der Waals surface area (Å²) in [5.41, 5.74) is 1.52. The van der Waals surface area contributed by atoms with Gasteiger partial charge in [-0.25, -0.2) is 4.79 Å². The molecule has 0 bridgehead atoms. The van der Waals surface area contributed by atoms with Crippen molar-refractivity contribution in [3.8, 4) is 11.8 Å². The number of nitrogens with one attached hydrogen (secondary N) is 2. The zero-order valence-electron chi connectivity index (χ0n) is 13.2. The van der Waals surface area contributed by atoms with E-state index in [0.29, 0.717) is 36.8 Å². The minimum atomic E-state index is -0.386. The van der Waals surface area contributed by atoms with Crippen LogP contribution in [0.15, 0.2) is 30.3 Å². The largest absolute Gasteiger partial charge is 0.494 e. The molecule has 0 aliphatic rings. The molecule has 1 heterocycles. The molecule has 0 fully saturated rings. The lowest BCUT2D eigenvalue weighted by atomic mass is 10.3. The summed E-state index contributed by atoms with van der Waals surface area (Å²) in [5.74, 6) is 1.14. The smallest absolute Gasteiger partial charge is 0.324 e. The zero-order valence-corrected chi connectivity index (χ0v) is 13.2. The summed E-state index contributed by atoms with van der Waals surface area (Å²) in [4.78, 5) is 12.0. The lowest BCUT2D eigenvalue weighted by Gasteiger charge is -2.08. The molecular formula is C16H19N5O2. The summed E-state index contributed by atoms with van der Waals surface area (Å²) in [6.45, 7) is 4.84. The zero-order chi connectivity index (χ0) is 16.7. The van der Waals surface area contributed by atoms with Crippen LogP contribution >= 0.6 is 0 Å². The summed E-state index contributed by atoms with van der Waals surface area (Å²) >= 11 is 0. The maximum Gasteiger partial charge on any atom is 0.324 e. The molecule has 1 aromatic heterocycles. The number of benzene rings is 1. The number of hydrogen-bond donors (Lipinski definition) is 2. The summed E-state index contributed by atoms with van der Waals surface area (Å²) in [6, 6.07) is 10.6. The van der Waals surface area contributed by atoms with Gasteiger partial charge < -0.3 is 10.1 Å². The number of carbonyl (C=O) groups is 1. The molecule has 23 heavy (non-hydrogen) atoms. The van der Waals surface area contributed by atoms with Gasteiger partial charge in [0.2, 0.25) is 0 Å². The van der Waals surface area contributed by atoms with E-state index in [1.165, 1.54) is 0 Å². The van der Waals surface area contributed by atoms with Crippen LogP contribution in [-0.2, 0) is 6.54 Å². The van der Waals surface area contributed by atoms with E-state index >= 15 is 0 Å². The molecule has 2 amide bonds. The van der Waals surface area contributed by atoms with Crippen LogP contribution in [-0.4, -0.2) is 22.4 Å². The molecule has 2 aromatic rings. The average Bonchev–Trinajstić information content (AvgIpc) is 2.85. The number of anilines is 2. The first-order valence-corrected chi connectivity index (χ1v) is 7.34. The predicted octanol–water partition coefficient (Wildman–Crippen LogP) is 3.15. The third-order valence-electron chi connectivity index (χ3n) is 3.06. The molecule has 7 heteroatoms. The summed E-state index contributed by atoms with van der Waals surface area (Å²) in [6.07, 6.45) is 0.373. The number of aryl methyl sites for hydroxylation is 2. The van der Waals surface area contributed by atoms with Crippen molar-refractivity contribution in [2.24, 2.45) is 0 Å². The fourth-order valence-electron chi connectivity index (χ4n) is 2.06. The molecule has 0 spiro atoms. The van der Waals surface area contributed by atoms with E-state index in [-0.39, 0.29) is 6.03 Å². The minimum Gasteiger partial charge on any atom is -0.494 e. The van der Waals surface area contributed by atoms with Crippen molar-refractivity contribution in [3.05, 3.63) is 36.0 Å². The number of ether oxygens (including phenoxy) is 1. The van der Waals surface area contributed by atoms with Crippen LogP contribution in [0.1, 0.15) is 19.0 Å². The molecule has 1 aromatic carbocycles. The van der Waals surface area contributed by atoms with Gasteiger partial charge in [-0.1, -0.05) is 6.07 Å². The Bertz CT molecular complexity index is 718. The maximum absolute atomic E-state index is 12.0. The number of rotatable bonds is 6. The Labute approximate surface area is 134 Å². The van der Waals surface area contributed by atoms with Crippen molar-refractivity contribution in [1.29, 1.82) is 5.26 Å². The van der Waals surface area contributed by atoms with Crippen molar-refractivity contribution >= 4 is 17.5 Å². The van der Waals surface area contributed by atoms with Gasteiger partial charge in [0, 0.05) is 23.5 Å². The second-order valence-electron chi connectivity index (χ2n) is 4.84. The number of aromatic nitrogens is 2. The first kappa shape index (κ1) is 16.4. The summed E-state index contributed by atoms with van der Waals surface area (Å²) in [7, 11) is 0.